The van der Waals surface area contributed by atoms with Crippen molar-refractivity contribution in [1.29, 1.82) is 0 Å². The molecule has 0 unspecified atom stereocenters. The lowest BCUT2D eigenvalue weighted by molar-refractivity contribution is 0.0788. The SMILES string of the molecule is NC[C@H]1CCN(C(=O)c2c(Cl)cccc2Cl)C1. The lowest BCUT2D eigenvalue weighted by Gasteiger charge is -2.17. The van der Waals surface area contributed by atoms with Crippen LogP contribution in [0.2, 0.25) is 10.0 Å². The number of hydrogen-bond acceptors (Lipinski definition) is 2. The van der Waals surface area contributed by atoms with Crippen LogP contribution in [0.3, 0.4) is 0 Å². The topological polar surface area (TPSA) is 46.3 Å². The molecule has 2 N–H and O–H groups in total. The maximum Gasteiger partial charge on any atom is 0.256 e. The van der Waals surface area contributed by atoms with Gasteiger partial charge in [-0.15, -0.1) is 0 Å². The molecule has 1 aromatic rings. The predicted octanol–water partition coefficient (Wildman–Crippen LogP) is 2.41. The molecule has 0 bridgehead atoms. The second-order valence-electron chi connectivity index (χ2n) is 4.24. The van der Waals surface area contributed by atoms with E-state index in [0.717, 1.165) is 13.0 Å². The quantitative estimate of drug-likeness (QED) is 0.899. The van der Waals surface area contributed by atoms with E-state index in [4.69, 9.17) is 28.9 Å². The molecule has 1 fully saturated rings. The van der Waals surface area contributed by atoms with Crippen molar-refractivity contribution in [2.45, 2.75) is 6.42 Å². The molecule has 3 nitrogen and oxygen atoms in total. The highest BCUT2D eigenvalue weighted by Crippen LogP contribution is 2.27. The number of nitrogens with two attached hydrogens (primary N) is 1. The maximum absolute atomic E-state index is 12.3. The van der Waals surface area contributed by atoms with Gasteiger partial charge in [-0.1, -0.05) is 29.3 Å². The van der Waals surface area contributed by atoms with Crippen molar-refractivity contribution < 1.29 is 4.79 Å². The molecule has 0 aliphatic carbocycles. The molecule has 1 heterocycles. The Balaban J connectivity index is 2.21. The normalized spacial score (nSPS) is 19.7. The molecular formula is C12H14Cl2N2O. The highest BCUT2D eigenvalue weighted by Gasteiger charge is 2.28. The molecule has 0 spiro atoms. The van der Waals surface area contributed by atoms with E-state index in [-0.39, 0.29) is 5.91 Å². The lowest BCUT2D eigenvalue weighted by Crippen LogP contribution is -2.30. The minimum Gasteiger partial charge on any atom is -0.338 e. The fraction of sp³-hybridized carbons (Fsp3) is 0.417. The fourth-order valence-corrected chi connectivity index (χ4v) is 2.63. The molecule has 0 aromatic heterocycles. The Morgan fingerprint density at radius 1 is 1.41 bits per heavy atom. The summed E-state index contributed by atoms with van der Waals surface area (Å²) >= 11 is 12.0. The Kier molecular flexibility index (Phi) is 3.92. The number of likely N-dealkylation sites (tertiary alicyclic amines) is 1. The van der Waals surface area contributed by atoms with Gasteiger partial charge >= 0.3 is 0 Å². The molecular weight excluding hydrogens is 259 g/mol. The third-order valence-electron chi connectivity index (χ3n) is 3.08. The van der Waals surface area contributed by atoms with E-state index >= 15 is 0 Å². The van der Waals surface area contributed by atoms with Crippen LogP contribution < -0.4 is 5.73 Å². The molecule has 1 atom stereocenters. The van der Waals surface area contributed by atoms with E-state index in [2.05, 4.69) is 0 Å². The summed E-state index contributed by atoms with van der Waals surface area (Å²) < 4.78 is 0. The maximum atomic E-state index is 12.3. The summed E-state index contributed by atoms with van der Waals surface area (Å²) in [5.74, 6) is 0.289. The Morgan fingerprint density at radius 2 is 2.06 bits per heavy atom. The van der Waals surface area contributed by atoms with Crippen LogP contribution in [0, 0.1) is 5.92 Å². The first-order valence-electron chi connectivity index (χ1n) is 5.57. The van der Waals surface area contributed by atoms with Crippen LogP contribution in [0.4, 0.5) is 0 Å². The smallest absolute Gasteiger partial charge is 0.256 e. The number of halogens is 2. The fourth-order valence-electron chi connectivity index (χ4n) is 2.07. The minimum atomic E-state index is -0.100. The van der Waals surface area contributed by atoms with E-state index in [1.165, 1.54) is 0 Å². The van der Waals surface area contributed by atoms with Gasteiger partial charge in [0, 0.05) is 13.1 Å². The second-order valence-corrected chi connectivity index (χ2v) is 5.05. The van der Waals surface area contributed by atoms with Gasteiger partial charge < -0.3 is 10.6 Å². The van der Waals surface area contributed by atoms with Gasteiger partial charge in [0.15, 0.2) is 0 Å². The molecule has 0 saturated carbocycles. The van der Waals surface area contributed by atoms with E-state index < -0.39 is 0 Å². The highest BCUT2D eigenvalue weighted by atomic mass is 35.5. The van der Waals surface area contributed by atoms with E-state index in [1.807, 2.05) is 0 Å². The van der Waals surface area contributed by atoms with Gasteiger partial charge in [0.05, 0.1) is 15.6 Å². The van der Waals surface area contributed by atoms with Crippen molar-refractivity contribution in [1.82, 2.24) is 4.90 Å². The summed E-state index contributed by atoms with van der Waals surface area (Å²) in [6.45, 7) is 2.03. The zero-order valence-electron chi connectivity index (χ0n) is 9.33. The largest absolute Gasteiger partial charge is 0.338 e. The molecule has 1 aliphatic heterocycles. The van der Waals surface area contributed by atoms with Crippen molar-refractivity contribution in [2.75, 3.05) is 19.6 Å². The standard InChI is InChI=1S/C12H14Cl2N2O/c13-9-2-1-3-10(14)11(9)12(17)16-5-4-8(6-15)7-16/h1-3,8H,4-7,15H2/t8-/m1/s1. The van der Waals surface area contributed by atoms with E-state index in [9.17, 15) is 4.79 Å². The third-order valence-corrected chi connectivity index (χ3v) is 3.71. The Morgan fingerprint density at radius 3 is 2.59 bits per heavy atom. The summed E-state index contributed by atoms with van der Waals surface area (Å²) in [5.41, 5.74) is 6.00. The minimum absolute atomic E-state index is 0.100. The van der Waals surface area contributed by atoms with Crippen molar-refractivity contribution in [3.63, 3.8) is 0 Å². The highest BCUT2D eigenvalue weighted by molar-refractivity contribution is 6.39. The molecule has 1 aliphatic rings. The zero-order chi connectivity index (χ0) is 12.4. The first-order chi connectivity index (χ1) is 8.13. The predicted molar refractivity (Wildman–Crippen MR) is 69.5 cm³/mol. The number of carbonyl (C=O) groups excluding carboxylic acids is 1. The van der Waals surface area contributed by atoms with Crippen molar-refractivity contribution in [3.8, 4) is 0 Å². The third kappa shape index (κ3) is 2.57. The van der Waals surface area contributed by atoms with Crippen LogP contribution in [-0.2, 0) is 0 Å². The molecule has 92 valence electrons. The molecule has 1 saturated heterocycles. The number of benzene rings is 1. The van der Waals surface area contributed by atoms with Gasteiger partial charge in [0.1, 0.15) is 0 Å². The van der Waals surface area contributed by atoms with Crippen LogP contribution in [0.25, 0.3) is 0 Å². The Bertz CT molecular complexity index is 416. The monoisotopic (exact) mass is 272 g/mol. The lowest BCUT2D eigenvalue weighted by atomic mass is 10.1. The molecule has 0 radical (unpaired) electrons. The van der Waals surface area contributed by atoms with Gasteiger partial charge in [-0.3, -0.25) is 4.79 Å². The summed E-state index contributed by atoms with van der Waals surface area (Å²) in [7, 11) is 0. The average molecular weight is 273 g/mol. The van der Waals surface area contributed by atoms with Crippen LogP contribution in [0.5, 0.6) is 0 Å². The summed E-state index contributed by atoms with van der Waals surface area (Å²) in [6, 6.07) is 5.09. The number of rotatable bonds is 2. The molecule has 1 amide bonds. The van der Waals surface area contributed by atoms with Crippen molar-refractivity contribution in [3.05, 3.63) is 33.8 Å². The summed E-state index contributed by atoms with van der Waals surface area (Å²) in [5, 5.41) is 0.803. The van der Waals surface area contributed by atoms with Gasteiger partial charge in [0.2, 0.25) is 0 Å². The zero-order valence-corrected chi connectivity index (χ0v) is 10.8. The first-order valence-corrected chi connectivity index (χ1v) is 6.32. The molecule has 17 heavy (non-hydrogen) atoms. The molecule has 1 aromatic carbocycles. The number of nitrogens with zero attached hydrogens (tertiary/aromatic N) is 1. The van der Waals surface area contributed by atoms with Crippen LogP contribution in [0.15, 0.2) is 18.2 Å². The van der Waals surface area contributed by atoms with Crippen LogP contribution in [-0.4, -0.2) is 30.4 Å². The van der Waals surface area contributed by atoms with Crippen LogP contribution in [0.1, 0.15) is 16.8 Å². The molecule has 5 heteroatoms. The van der Waals surface area contributed by atoms with Gasteiger partial charge in [-0.25, -0.2) is 0 Å². The second kappa shape index (κ2) is 5.25. The Hall–Kier alpha value is -0.770. The first kappa shape index (κ1) is 12.7. The Labute approximate surface area is 110 Å². The van der Waals surface area contributed by atoms with Gasteiger partial charge in [-0.05, 0) is 31.0 Å². The summed E-state index contributed by atoms with van der Waals surface area (Å²) in [4.78, 5) is 14.0. The molecule has 2 rings (SSSR count). The van der Waals surface area contributed by atoms with Crippen molar-refractivity contribution >= 4 is 29.1 Å². The van der Waals surface area contributed by atoms with Gasteiger partial charge in [-0.2, -0.15) is 0 Å². The average Bonchev–Trinajstić information content (AvgIpc) is 2.77. The number of carbonyl (C=O) groups is 1. The van der Waals surface area contributed by atoms with Crippen LogP contribution >= 0.6 is 23.2 Å². The number of hydrogen-bond donors (Lipinski definition) is 1. The summed E-state index contributed by atoms with van der Waals surface area (Å²) in [6.07, 6.45) is 0.949. The van der Waals surface area contributed by atoms with Gasteiger partial charge in [0.25, 0.3) is 5.91 Å². The van der Waals surface area contributed by atoms with E-state index in [0.29, 0.717) is 34.6 Å². The number of amides is 1. The van der Waals surface area contributed by atoms with E-state index in [1.54, 1.807) is 23.1 Å². The van der Waals surface area contributed by atoms with Crippen molar-refractivity contribution in [2.24, 2.45) is 11.7 Å².